The number of nitrogen functional groups attached to an aromatic ring is 1. The van der Waals surface area contributed by atoms with E-state index < -0.39 is 0 Å². The fourth-order valence-corrected chi connectivity index (χ4v) is 2.46. The molecule has 0 bridgehead atoms. The number of thiophene rings is 1. The molecule has 2 rings (SSSR count). The Balaban J connectivity index is 2.91. The minimum atomic E-state index is 0.562. The molecule has 0 aromatic carbocycles. The summed E-state index contributed by atoms with van der Waals surface area (Å²) in [4.78, 5) is 4.08. The standard InChI is InChI=1S/C7H5BrN2S/c8-7-4-1-2-11-5(4)3-6(9)10-7/h1-3H,(H2,9,10). The molecule has 0 saturated heterocycles. The summed E-state index contributed by atoms with van der Waals surface area (Å²) < 4.78 is 2.00. The number of nitrogens with two attached hydrogens (primary N) is 1. The number of halogens is 1. The molecular weight excluding hydrogens is 224 g/mol. The first-order chi connectivity index (χ1) is 5.27. The second-order valence-corrected chi connectivity index (χ2v) is 3.87. The van der Waals surface area contributed by atoms with Crippen molar-refractivity contribution >= 4 is 43.2 Å². The van der Waals surface area contributed by atoms with Gasteiger partial charge in [0, 0.05) is 10.1 Å². The molecule has 0 spiro atoms. The number of rotatable bonds is 0. The van der Waals surface area contributed by atoms with Crippen molar-refractivity contribution in [3.05, 3.63) is 22.1 Å². The van der Waals surface area contributed by atoms with Crippen molar-refractivity contribution in [3.8, 4) is 0 Å². The van der Waals surface area contributed by atoms with Gasteiger partial charge >= 0.3 is 0 Å². The maximum absolute atomic E-state index is 5.55. The minimum Gasteiger partial charge on any atom is -0.384 e. The smallest absolute Gasteiger partial charge is 0.126 e. The Labute approximate surface area is 76.2 Å². The van der Waals surface area contributed by atoms with E-state index in [1.54, 1.807) is 11.3 Å². The van der Waals surface area contributed by atoms with Gasteiger partial charge in [0.05, 0.1) is 0 Å². The molecule has 0 radical (unpaired) electrons. The van der Waals surface area contributed by atoms with Crippen molar-refractivity contribution in [2.45, 2.75) is 0 Å². The molecule has 2 heterocycles. The quantitative estimate of drug-likeness (QED) is 0.705. The summed E-state index contributed by atoms with van der Waals surface area (Å²) in [5.74, 6) is 0.562. The third-order valence-electron chi connectivity index (χ3n) is 1.42. The number of hydrogen-bond donors (Lipinski definition) is 1. The fourth-order valence-electron chi connectivity index (χ4n) is 0.943. The average molecular weight is 229 g/mol. The first-order valence-electron chi connectivity index (χ1n) is 3.06. The highest BCUT2D eigenvalue weighted by atomic mass is 79.9. The molecule has 0 aliphatic carbocycles. The zero-order chi connectivity index (χ0) is 7.84. The number of nitrogens with zero attached hydrogens (tertiary/aromatic N) is 1. The van der Waals surface area contributed by atoms with Crippen LogP contribution in [0.25, 0.3) is 10.1 Å². The molecule has 56 valence electrons. The fraction of sp³-hybridized carbons (Fsp3) is 0. The van der Waals surface area contributed by atoms with Crippen molar-refractivity contribution in [3.63, 3.8) is 0 Å². The lowest BCUT2D eigenvalue weighted by atomic mass is 10.3. The van der Waals surface area contributed by atoms with Gasteiger partial charge < -0.3 is 5.73 Å². The number of hydrogen-bond acceptors (Lipinski definition) is 3. The number of anilines is 1. The lowest BCUT2D eigenvalue weighted by Crippen LogP contribution is -1.88. The van der Waals surface area contributed by atoms with Crippen LogP contribution in [0, 0.1) is 0 Å². The van der Waals surface area contributed by atoms with Gasteiger partial charge in [0.2, 0.25) is 0 Å². The first kappa shape index (κ1) is 7.06. The van der Waals surface area contributed by atoms with Crippen molar-refractivity contribution in [2.75, 3.05) is 5.73 Å². The van der Waals surface area contributed by atoms with Gasteiger partial charge in [-0.05, 0) is 33.4 Å². The first-order valence-corrected chi connectivity index (χ1v) is 4.74. The average Bonchev–Trinajstić information content (AvgIpc) is 2.34. The molecule has 0 saturated carbocycles. The Morgan fingerprint density at radius 1 is 1.55 bits per heavy atom. The molecule has 2 aromatic heterocycles. The number of aromatic nitrogens is 1. The van der Waals surface area contributed by atoms with Crippen molar-refractivity contribution < 1.29 is 0 Å². The summed E-state index contributed by atoms with van der Waals surface area (Å²) in [7, 11) is 0. The van der Waals surface area contributed by atoms with E-state index in [0.29, 0.717) is 5.82 Å². The Hall–Kier alpha value is -0.610. The van der Waals surface area contributed by atoms with Crippen LogP contribution in [0.2, 0.25) is 0 Å². The molecule has 2 aromatic rings. The summed E-state index contributed by atoms with van der Waals surface area (Å²) in [6, 6.07) is 3.90. The van der Waals surface area contributed by atoms with Gasteiger partial charge in [-0.3, -0.25) is 0 Å². The normalized spacial score (nSPS) is 10.6. The van der Waals surface area contributed by atoms with Crippen LogP contribution in [-0.4, -0.2) is 4.98 Å². The molecule has 0 fully saturated rings. The summed E-state index contributed by atoms with van der Waals surface area (Å²) in [5, 5.41) is 3.15. The Kier molecular flexibility index (Phi) is 1.58. The van der Waals surface area contributed by atoms with Crippen LogP contribution in [-0.2, 0) is 0 Å². The van der Waals surface area contributed by atoms with E-state index in [4.69, 9.17) is 5.73 Å². The van der Waals surface area contributed by atoms with Crippen LogP contribution in [0.1, 0.15) is 0 Å². The molecule has 0 aliphatic rings. The Morgan fingerprint density at radius 3 is 3.18 bits per heavy atom. The third kappa shape index (κ3) is 1.12. The summed E-state index contributed by atoms with van der Waals surface area (Å²) in [5.41, 5.74) is 5.55. The summed E-state index contributed by atoms with van der Waals surface area (Å²) >= 11 is 5.01. The van der Waals surface area contributed by atoms with E-state index in [9.17, 15) is 0 Å². The van der Waals surface area contributed by atoms with Gasteiger partial charge in [-0.15, -0.1) is 11.3 Å². The Morgan fingerprint density at radius 2 is 2.36 bits per heavy atom. The highest BCUT2D eigenvalue weighted by Crippen LogP contribution is 2.27. The minimum absolute atomic E-state index is 0.562. The summed E-state index contributed by atoms with van der Waals surface area (Å²) in [6.45, 7) is 0. The molecule has 0 amide bonds. The zero-order valence-corrected chi connectivity index (χ0v) is 7.95. The molecule has 2 nitrogen and oxygen atoms in total. The van der Waals surface area contributed by atoms with Crippen molar-refractivity contribution in [2.24, 2.45) is 0 Å². The van der Waals surface area contributed by atoms with Crippen LogP contribution in [0.5, 0.6) is 0 Å². The van der Waals surface area contributed by atoms with Crippen LogP contribution < -0.4 is 5.73 Å². The Bertz CT molecular complexity index is 396. The van der Waals surface area contributed by atoms with E-state index >= 15 is 0 Å². The maximum Gasteiger partial charge on any atom is 0.126 e. The molecule has 0 unspecified atom stereocenters. The molecule has 2 N–H and O–H groups in total. The van der Waals surface area contributed by atoms with Crippen LogP contribution in [0.4, 0.5) is 5.82 Å². The van der Waals surface area contributed by atoms with E-state index in [1.807, 2.05) is 17.5 Å². The van der Waals surface area contributed by atoms with E-state index in [0.717, 1.165) is 9.99 Å². The lowest BCUT2D eigenvalue weighted by Gasteiger charge is -1.94. The van der Waals surface area contributed by atoms with Crippen LogP contribution in [0.3, 0.4) is 0 Å². The predicted octanol–water partition coefficient (Wildman–Crippen LogP) is 2.64. The predicted molar refractivity (Wildman–Crippen MR) is 51.7 cm³/mol. The van der Waals surface area contributed by atoms with Crippen molar-refractivity contribution in [1.82, 2.24) is 4.98 Å². The number of pyridine rings is 1. The van der Waals surface area contributed by atoms with Gasteiger partial charge in [0.15, 0.2) is 0 Å². The molecule has 11 heavy (non-hydrogen) atoms. The maximum atomic E-state index is 5.55. The second kappa shape index (κ2) is 2.46. The van der Waals surface area contributed by atoms with E-state index in [1.165, 1.54) is 4.70 Å². The van der Waals surface area contributed by atoms with E-state index in [-0.39, 0.29) is 0 Å². The van der Waals surface area contributed by atoms with Gasteiger partial charge in [0.1, 0.15) is 10.4 Å². The highest BCUT2D eigenvalue weighted by Gasteiger charge is 2.01. The molecule has 0 atom stereocenters. The number of fused-ring (bicyclic) bond motifs is 1. The van der Waals surface area contributed by atoms with E-state index in [2.05, 4.69) is 20.9 Å². The lowest BCUT2D eigenvalue weighted by molar-refractivity contribution is 1.33. The molecular formula is C7H5BrN2S. The largest absolute Gasteiger partial charge is 0.384 e. The van der Waals surface area contributed by atoms with Crippen molar-refractivity contribution in [1.29, 1.82) is 0 Å². The molecule has 4 heteroatoms. The second-order valence-electron chi connectivity index (χ2n) is 2.17. The zero-order valence-electron chi connectivity index (χ0n) is 5.54. The van der Waals surface area contributed by atoms with Gasteiger partial charge in [-0.1, -0.05) is 0 Å². The van der Waals surface area contributed by atoms with Gasteiger partial charge in [-0.25, -0.2) is 4.98 Å². The van der Waals surface area contributed by atoms with Crippen LogP contribution >= 0.6 is 27.3 Å². The SMILES string of the molecule is Nc1cc2sccc2c(Br)n1. The molecule has 0 aliphatic heterocycles. The topological polar surface area (TPSA) is 38.9 Å². The third-order valence-corrected chi connectivity index (χ3v) is 2.89. The monoisotopic (exact) mass is 228 g/mol. The van der Waals surface area contributed by atoms with Gasteiger partial charge in [-0.2, -0.15) is 0 Å². The summed E-state index contributed by atoms with van der Waals surface area (Å²) in [6.07, 6.45) is 0. The van der Waals surface area contributed by atoms with Crippen LogP contribution in [0.15, 0.2) is 22.1 Å². The van der Waals surface area contributed by atoms with Gasteiger partial charge in [0.25, 0.3) is 0 Å². The highest BCUT2D eigenvalue weighted by molar-refractivity contribution is 9.10.